The normalized spacial score (nSPS) is 13.3. The zero-order chi connectivity index (χ0) is 19.1. The summed E-state index contributed by atoms with van der Waals surface area (Å²) in [5.74, 6) is 1.30. The average molecular weight is 409 g/mol. The van der Waals surface area contributed by atoms with Crippen LogP contribution < -0.4 is 5.56 Å². The van der Waals surface area contributed by atoms with Crippen molar-refractivity contribution in [2.24, 2.45) is 0 Å². The topological polar surface area (TPSA) is 74.4 Å². The van der Waals surface area contributed by atoms with E-state index < -0.39 is 0 Å². The quantitative estimate of drug-likeness (QED) is 0.480. The second-order valence-corrected chi connectivity index (χ2v) is 9.16. The van der Waals surface area contributed by atoms with Crippen LogP contribution in [0, 0.1) is 6.92 Å². The van der Waals surface area contributed by atoms with Gasteiger partial charge in [-0.25, -0.2) is 9.97 Å². The van der Waals surface area contributed by atoms with Crippen LogP contribution in [0.2, 0.25) is 0 Å². The van der Waals surface area contributed by atoms with Crippen molar-refractivity contribution in [2.45, 2.75) is 43.5 Å². The summed E-state index contributed by atoms with van der Waals surface area (Å²) in [5, 5.41) is 1.67. The molecule has 2 N–H and O–H groups in total. The van der Waals surface area contributed by atoms with Gasteiger partial charge in [0.05, 0.1) is 16.8 Å². The molecule has 3 heterocycles. The van der Waals surface area contributed by atoms with Crippen LogP contribution in [0.25, 0.3) is 10.2 Å². The van der Waals surface area contributed by atoms with Gasteiger partial charge in [-0.15, -0.1) is 11.3 Å². The highest BCUT2D eigenvalue weighted by Crippen LogP contribution is 2.34. The van der Waals surface area contributed by atoms with E-state index in [0.717, 1.165) is 52.4 Å². The van der Waals surface area contributed by atoms with Gasteiger partial charge in [-0.05, 0) is 37.3 Å². The molecule has 0 saturated heterocycles. The van der Waals surface area contributed by atoms with Crippen LogP contribution in [0.1, 0.15) is 39.6 Å². The Morgan fingerprint density at radius 3 is 2.86 bits per heavy atom. The Morgan fingerprint density at radius 2 is 2.00 bits per heavy atom. The van der Waals surface area contributed by atoms with E-state index in [1.54, 1.807) is 23.1 Å². The predicted octanol–water partition coefficient (Wildman–Crippen LogP) is 4.39. The maximum atomic E-state index is 12.6. The van der Waals surface area contributed by atoms with Crippen molar-refractivity contribution >= 4 is 33.3 Å². The van der Waals surface area contributed by atoms with Crippen LogP contribution in [0.5, 0.6) is 0 Å². The molecule has 0 radical (unpaired) electrons. The van der Waals surface area contributed by atoms with Gasteiger partial charge in [0.15, 0.2) is 5.16 Å². The molecule has 7 heteroatoms. The Hall–Kier alpha value is -2.38. The molecule has 3 aromatic heterocycles. The largest absolute Gasteiger partial charge is 0.337 e. The van der Waals surface area contributed by atoms with E-state index in [2.05, 4.69) is 29.0 Å². The number of thioether (sulfide) groups is 1. The van der Waals surface area contributed by atoms with Gasteiger partial charge in [-0.2, -0.15) is 0 Å². The fraction of sp³-hybridized carbons (Fsp3) is 0.286. The number of aryl methyl sites for hydroxylation is 3. The van der Waals surface area contributed by atoms with Crippen LogP contribution in [0.3, 0.4) is 0 Å². The SMILES string of the molecule is Cc1[nH]c(SCc2nc3sc4c(c3c(=O)[nH]2)CCC4)nc1Cc1ccccc1. The van der Waals surface area contributed by atoms with E-state index in [1.165, 1.54) is 16.0 Å². The van der Waals surface area contributed by atoms with Crippen molar-refractivity contribution in [2.75, 3.05) is 0 Å². The van der Waals surface area contributed by atoms with E-state index in [-0.39, 0.29) is 5.56 Å². The number of aromatic amines is 2. The highest BCUT2D eigenvalue weighted by molar-refractivity contribution is 7.98. The number of H-pyrrole nitrogens is 2. The Bertz CT molecular complexity index is 1210. The number of imidazole rings is 1. The molecule has 0 fully saturated rings. The minimum atomic E-state index is 0.000363. The first-order valence-corrected chi connectivity index (χ1v) is 11.2. The Kier molecular flexibility index (Phi) is 4.56. The monoisotopic (exact) mass is 408 g/mol. The number of fused-ring (bicyclic) bond motifs is 3. The van der Waals surface area contributed by atoms with Crippen molar-refractivity contribution in [3.05, 3.63) is 73.9 Å². The first-order chi connectivity index (χ1) is 13.7. The molecular formula is C21H20N4OS2. The average Bonchev–Trinajstić information content (AvgIpc) is 3.36. The van der Waals surface area contributed by atoms with Gasteiger partial charge in [0, 0.05) is 17.0 Å². The molecule has 0 spiro atoms. The van der Waals surface area contributed by atoms with E-state index in [0.29, 0.717) is 11.6 Å². The lowest BCUT2D eigenvalue weighted by Gasteiger charge is -2.00. The molecule has 5 nitrogen and oxygen atoms in total. The van der Waals surface area contributed by atoms with Crippen LogP contribution in [-0.4, -0.2) is 19.9 Å². The summed E-state index contributed by atoms with van der Waals surface area (Å²) < 4.78 is 0. The molecule has 1 aromatic carbocycles. The third-order valence-electron chi connectivity index (χ3n) is 5.15. The fourth-order valence-corrected chi connectivity index (χ4v) is 5.84. The third-order valence-corrected chi connectivity index (χ3v) is 7.22. The van der Waals surface area contributed by atoms with Crippen molar-refractivity contribution < 1.29 is 0 Å². The summed E-state index contributed by atoms with van der Waals surface area (Å²) >= 11 is 3.25. The summed E-state index contributed by atoms with van der Waals surface area (Å²) in [6, 6.07) is 10.3. The van der Waals surface area contributed by atoms with Crippen molar-refractivity contribution in [1.82, 2.24) is 19.9 Å². The molecule has 142 valence electrons. The van der Waals surface area contributed by atoms with Gasteiger partial charge < -0.3 is 9.97 Å². The molecule has 5 rings (SSSR count). The zero-order valence-corrected chi connectivity index (χ0v) is 17.2. The van der Waals surface area contributed by atoms with Gasteiger partial charge in [0.25, 0.3) is 5.56 Å². The van der Waals surface area contributed by atoms with Gasteiger partial charge in [-0.3, -0.25) is 4.79 Å². The maximum Gasteiger partial charge on any atom is 0.259 e. The zero-order valence-electron chi connectivity index (χ0n) is 15.5. The molecule has 0 saturated carbocycles. The first-order valence-electron chi connectivity index (χ1n) is 9.43. The molecule has 28 heavy (non-hydrogen) atoms. The van der Waals surface area contributed by atoms with Gasteiger partial charge in [0.2, 0.25) is 0 Å². The molecule has 0 amide bonds. The summed E-state index contributed by atoms with van der Waals surface area (Å²) in [5.41, 5.74) is 4.61. The Balaban J connectivity index is 1.34. The third kappa shape index (κ3) is 3.29. The van der Waals surface area contributed by atoms with E-state index in [1.807, 2.05) is 18.2 Å². The summed E-state index contributed by atoms with van der Waals surface area (Å²) in [7, 11) is 0. The van der Waals surface area contributed by atoms with Crippen molar-refractivity contribution in [3.8, 4) is 0 Å². The number of hydrogen-bond acceptors (Lipinski definition) is 5. The standard InChI is InChI=1S/C21H20N4OS2/c1-12-15(10-13-6-3-2-4-7-13)23-21(22-12)27-11-17-24-19(26)18-14-8-5-9-16(14)28-20(18)25-17/h2-4,6-7H,5,8-11H2,1H3,(H,22,23)(H,24,25,26). The number of aromatic nitrogens is 4. The second kappa shape index (κ2) is 7.22. The molecule has 1 aliphatic rings. The lowest BCUT2D eigenvalue weighted by Crippen LogP contribution is -2.11. The van der Waals surface area contributed by atoms with Crippen LogP contribution in [-0.2, 0) is 25.0 Å². The summed E-state index contributed by atoms with van der Waals surface area (Å²) in [6.45, 7) is 2.05. The van der Waals surface area contributed by atoms with E-state index >= 15 is 0 Å². The number of thiophene rings is 1. The van der Waals surface area contributed by atoms with Gasteiger partial charge in [-0.1, -0.05) is 42.1 Å². The summed E-state index contributed by atoms with van der Waals surface area (Å²) in [6.07, 6.45) is 4.04. The molecule has 0 atom stereocenters. The Labute approximate surface area is 170 Å². The summed E-state index contributed by atoms with van der Waals surface area (Å²) in [4.78, 5) is 30.6. The molecule has 4 aromatic rings. The number of nitrogens with one attached hydrogen (secondary N) is 2. The highest BCUT2D eigenvalue weighted by atomic mass is 32.2. The number of hydrogen-bond donors (Lipinski definition) is 2. The van der Waals surface area contributed by atoms with Gasteiger partial charge >= 0.3 is 0 Å². The fourth-order valence-electron chi connectivity index (χ4n) is 3.75. The first kappa shape index (κ1) is 17.7. The minimum absolute atomic E-state index is 0.000363. The number of nitrogens with zero attached hydrogens (tertiary/aromatic N) is 2. The maximum absolute atomic E-state index is 12.6. The molecule has 0 bridgehead atoms. The van der Waals surface area contributed by atoms with E-state index in [4.69, 9.17) is 9.97 Å². The van der Waals surface area contributed by atoms with Crippen molar-refractivity contribution in [1.29, 1.82) is 0 Å². The Morgan fingerprint density at radius 1 is 1.14 bits per heavy atom. The highest BCUT2D eigenvalue weighted by Gasteiger charge is 2.21. The lowest BCUT2D eigenvalue weighted by atomic mass is 10.1. The number of rotatable bonds is 5. The predicted molar refractivity (Wildman–Crippen MR) is 114 cm³/mol. The minimum Gasteiger partial charge on any atom is -0.337 e. The van der Waals surface area contributed by atoms with Gasteiger partial charge in [0.1, 0.15) is 10.7 Å². The molecule has 0 aliphatic heterocycles. The van der Waals surface area contributed by atoms with Crippen LogP contribution in [0.15, 0.2) is 40.3 Å². The van der Waals surface area contributed by atoms with Crippen LogP contribution >= 0.6 is 23.1 Å². The van der Waals surface area contributed by atoms with Crippen LogP contribution in [0.4, 0.5) is 0 Å². The molecule has 1 aliphatic carbocycles. The number of benzene rings is 1. The van der Waals surface area contributed by atoms with E-state index in [9.17, 15) is 4.79 Å². The second-order valence-electron chi connectivity index (χ2n) is 7.11. The lowest BCUT2D eigenvalue weighted by molar-refractivity contribution is 0.916. The molecular weight excluding hydrogens is 388 g/mol. The molecule has 0 unspecified atom stereocenters. The van der Waals surface area contributed by atoms with Crippen molar-refractivity contribution in [3.63, 3.8) is 0 Å². The smallest absolute Gasteiger partial charge is 0.259 e.